The maximum Gasteiger partial charge on any atom is 0.0961 e. The number of nitrogens with one attached hydrogen (secondary N) is 1. The smallest absolute Gasteiger partial charge is 0.0961 e. The third-order valence-electron chi connectivity index (χ3n) is 1.53. The van der Waals surface area contributed by atoms with Gasteiger partial charge in [0.15, 0.2) is 0 Å². The van der Waals surface area contributed by atoms with Crippen LogP contribution in [-0.4, -0.2) is 22.3 Å². The molecule has 13 heavy (non-hydrogen) atoms. The van der Waals surface area contributed by atoms with E-state index in [1.165, 1.54) is 11.5 Å². The molecule has 0 saturated heterocycles. The van der Waals surface area contributed by atoms with Crippen LogP contribution in [0, 0.1) is 0 Å². The predicted molar refractivity (Wildman–Crippen MR) is 51.1 cm³/mol. The van der Waals surface area contributed by atoms with Gasteiger partial charge >= 0.3 is 0 Å². The molecule has 0 aliphatic heterocycles. The van der Waals surface area contributed by atoms with Crippen LogP contribution in [0.3, 0.4) is 0 Å². The fraction of sp³-hybridized carbons (Fsp3) is 0.714. The van der Waals surface area contributed by atoms with Gasteiger partial charge < -0.3 is 4.74 Å². The zero-order valence-electron chi connectivity index (χ0n) is 7.73. The Labute approximate surface area is 81.4 Å². The Morgan fingerprint density at radius 3 is 2.92 bits per heavy atom. The topological polar surface area (TPSA) is 73.1 Å². The molecule has 0 radical (unpaired) electrons. The third-order valence-corrected chi connectivity index (χ3v) is 2.05. The highest BCUT2D eigenvalue weighted by atomic mass is 32.1. The summed E-state index contributed by atoms with van der Waals surface area (Å²) in [6, 6.07) is -0.0684. The molecule has 74 valence electrons. The average Bonchev–Trinajstić information content (AvgIpc) is 2.58. The Hall–Kier alpha value is -0.560. The second-order valence-corrected chi connectivity index (χ2v) is 3.54. The van der Waals surface area contributed by atoms with E-state index in [0.717, 1.165) is 5.69 Å². The van der Waals surface area contributed by atoms with Crippen molar-refractivity contribution in [1.29, 1.82) is 0 Å². The molecule has 0 aromatic carbocycles. The molecule has 0 saturated carbocycles. The van der Waals surface area contributed by atoms with Gasteiger partial charge in [0, 0.05) is 5.38 Å². The van der Waals surface area contributed by atoms with Gasteiger partial charge in [-0.3, -0.25) is 5.84 Å². The minimum Gasteiger partial charge on any atom is -0.377 e. The highest BCUT2D eigenvalue weighted by molar-refractivity contribution is 7.03. The highest BCUT2D eigenvalue weighted by Crippen LogP contribution is 2.10. The Morgan fingerprint density at radius 1 is 1.69 bits per heavy atom. The Morgan fingerprint density at radius 2 is 2.46 bits per heavy atom. The lowest BCUT2D eigenvalue weighted by molar-refractivity contribution is 0.0603. The Kier molecular flexibility index (Phi) is 4.23. The van der Waals surface area contributed by atoms with Crippen molar-refractivity contribution in [2.24, 2.45) is 5.84 Å². The molecule has 0 aliphatic rings. The van der Waals surface area contributed by atoms with E-state index < -0.39 is 0 Å². The van der Waals surface area contributed by atoms with Crippen molar-refractivity contribution in [3.8, 4) is 0 Å². The minimum atomic E-state index is -0.0684. The number of nitrogens with zero attached hydrogens (tertiary/aromatic N) is 2. The summed E-state index contributed by atoms with van der Waals surface area (Å²) in [7, 11) is 0. The number of hydrogen-bond donors (Lipinski definition) is 2. The predicted octanol–water partition coefficient (Wildman–Crippen LogP) is 0.468. The van der Waals surface area contributed by atoms with Gasteiger partial charge in [0.25, 0.3) is 0 Å². The molecule has 1 heterocycles. The standard InChI is InChI=1S/C7H14N4OS/c1-5(2)12-3-6(9-8)7-4-13-11-10-7/h4-6,9H,3,8H2,1-2H3. The molecule has 1 aromatic heterocycles. The molecule has 0 spiro atoms. The zero-order chi connectivity index (χ0) is 9.68. The lowest BCUT2D eigenvalue weighted by Crippen LogP contribution is -2.32. The van der Waals surface area contributed by atoms with Crippen molar-refractivity contribution in [2.75, 3.05) is 6.61 Å². The van der Waals surface area contributed by atoms with Crippen LogP contribution in [0.5, 0.6) is 0 Å². The maximum atomic E-state index is 5.41. The second kappa shape index (κ2) is 5.23. The highest BCUT2D eigenvalue weighted by Gasteiger charge is 2.12. The number of rotatable bonds is 5. The van der Waals surface area contributed by atoms with Gasteiger partial charge in [0.1, 0.15) is 0 Å². The van der Waals surface area contributed by atoms with Crippen LogP contribution in [0.25, 0.3) is 0 Å². The third kappa shape index (κ3) is 3.35. The summed E-state index contributed by atoms with van der Waals surface area (Å²) in [5.41, 5.74) is 3.47. The van der Waals surface area contributed by atoms with Crippen LogP contribution in [0.1, 0.15) is 25.6 Å². The van der Waals surface area contributed by atoms with E-state index in [1.807, 2.05) is 19.2 Å². The summed E-state index contributed by atoms with van der Waals surface area (Å²) in [6.45, 7) is 4.47. The molecular formula is C7H14N4OS. The molecule has 0 amide bonds. The summed E-state index contributed by atoms with van der Waals surface area (Å²) in [4.78, 5) is 0. The lowest BCUT2D eigenvalue weighted by atomic mass is 10.2. The van der Waals surface area contributed by atoms with Crippen molar-refractivity contribution >= 4 is 11.5 Å². The zero-order valence-corrected chi connectivity index (χ0v) is 8.54. The van der Waals surface area contributed by atoms with Crippen LogP contribution >= 0.6 is 11.5 Å². The summed E-state index contributed by atoms with van der Waals surface area (Å²) in [5, 5.41) is 5.77. The number of aromatic nitrogens is 2. The first-order valence-electron chi connectivity index (χ1n) is 4.08. The van der Waals surface area contributed by atoms with Gasteiger partial charge in [0.2, 0.25) is 0 Å². The van der Waals surface area contributed by atoms with E-state index in [-0.39, 0.29) is 12.1 Å². The van der Waals surface area contributed by atoms with E-state index in [0.29, 0.717) is 6.61 Å². The summed E-state index contributed by atoms with van der Waals surface area (Å²) in [5.74, 6) is 5.36. The molecule has 1 unspecified atom stereocenters. The number of hydrogen-bond acceptors (Lipinski definition) is 6. The monoisotopic (exact) mass is 202 g/mol. The van der Waals surface area contributed by atoms with Crippen molar-refractivity contribution < 1.29 is 4.74 Å². The molecule has 5 nitrogen and oxygen atoms in total. The fourth-order valence-electron chi connectivity index (χ4n) is 0.831. The summed E-state index contributed by atoms with van der Waals surface area (Å²) >= 11 is 1.31. The van der Waals surface area contributed by atoms with Crippen molar-refractivity contribution in [3.63, 3.8) is 0 Å². The molecule has 3 N–H and O–H groups in total. The first-order chi connectivity index (χ1) is 6.24. The molecule has 0 aliphatic carbocycles. The number of ether oxygens (including phenoxy) is 1. The molecular weight excluding hydrogens is 188 g/mol. The van der Waals surface area contributed by atoms with Gasteiger partial charge in [-0.1, -0.05) is 4.49 Å². The van der Waals surface area contributed by atoms with E-state index >= 15 is 0 Å². The first kappa shape index (κ1) is 10.5. The first-order valence-corrected chi connectivity index (χ1v) is 4.92. The Balaban J connectivity index is 2.44. The van der Waals surface area contributed by atoms with E-state index in [2.05, 4.69) is 15.0 Å². The molecule has 0 fully saturated rings. The van der Waals surface area contributed by atoms with Crippen LogP contribution in [-0.2, 0) is 4.74 Å². The number of hydrazine groups is 1. The minimum absolute atomic E-state index is 0.0684. The maximum absolute atomic E-state index is 5.41. The largest absolute Gasteiger partial charge is 0.377 e. The van der Waals surface area contributed by atoms with Crippen molar-refractivity contribution in [2.45, 2.75) is 26.0 Å². The molecule has 1 rings (SSSR count). The summed E-state index contributed by atoms with van der Waals surface area (Å²) < 4.78 is 9.17. The molecule has 1 atom stereocenters. The van der Waals surface area contributed by atoms with Crippen LogP contribution in [0.4, 0.5) is 0 Å². The average molecular weight is 202 g/mol. The molecule has 0 bridgehead atoms. The van der Waals surface area contributed by atoms with Gasteiger partial charge in [-0.05, 0) is 25.4 Å². The quantitative estimate of drug-likeness (QED) is 0.536. The van der Waals surface area contributed by atoms with Crippen LogP contribution < -0.4 is 11.3 Å². The van der Waals surface area contributed by atoms with Gasteiger partial charge in [-0.25, -0.2) is 5.43 Å². The van der Waals surface area contributed by atoms with Crippen LogP contribution in [0.2, 0.25) is 0 Å². The molecule has 1 aromatic rings. The van der Waals surface area contributed by atoms with Gasteiger partial charge in [-0.2, -0.15) is 0 Å². The normalized spacial score (nSPS) is 13.5. The van der Waals surface area contributed by atoms with Crippen LogP contribution in [0.15, 0.2) is 5.38 Å². The molecule has 6 heteroatoms. The van der Waals surface area contributed by atoms with E-state index in [4.69, 9.17) is 10.6 Å². The number of nitrogens with two attached hydrogens (primary N) is 1. The summed E-state index contributed by atoms with van der Waals surface area (Å²) in [6.07, 6.45) is 0.197. The second-order valence-electron chi connectivity index (χ2n) is 2.93. The Bertz CT molecular complexity index is 226. The fourth-order valence-corrected chi connectivity index (χ4v) is 1.34. The van der Waals surface area contributed by atoms with Crippen molar-refractivity contribution in [3.05, 3.63) is 11.1 Å². The van der Waals surface area contributed by atoms with E-state index in [9.17, 15) is 0 Å². The lowest BCUT2D eigenvalue weighted by Gasteiger charge is -2.14. The van der Waals surface area contributed by atoms with Crippen molar-refractivity contribution in [1.82, 2.24) is 15.0 Å². The SMILES string of the molecule is CC(C)OCC(NN)c1csnn1. The van der Waals surface area contributed by atoms with Gasteiger partial charge in [-0.15, -0.1) is 5.10 Å². The van der Waals surface area contributed by atoms with Gasteiger partial charge in [0.05, 0.1) is 24.4 Å². The van der Waals surface area contributed by atoms with E-state index in [1.54, 1.807) is 0 Å².